The van der Waals surface area contributed by atoms with Crippen molar-refractivity contribution in [1.29, 1.82) is 0 Å². The number of hydrogen-bond acceptors (Lipinski definition) is 2. The highest BCUT2D eigenvalue weighted by Gasteiger charge is 2.07. The molecule has 1 heterocycles. The van der Waals surface area contributed by atoms with Gasteiger partial charge in [0.25, 0.3) is 5.91 Å². The third kappa shape index (κ3) is 5.28. The lowest BCUT2D eigenvalue weighted by atomic mass is 10.0. The second-order valence-electron chi connectivity index (χ2n) is 5.72. The Morgan fingerprint density at radius 3 is 2.84 bits per heavy atom. The van der Waals surface area contributed by atoms with E-state index in [1.807, 2.05) is 31.3 Å². The highest BCUT2D eigenvalue weighted by Crippen LogP contribution is 2.24. The van der Waals surface area contributed by atoms with Crippen LogP contribution >= 0.6 is 9.24 Å². The molecule has 3 nitrogen and oxygen atoms in total. The second-order valence-corrected chi connectivity index (χ2v) is 6.34. The fourth-order valence-corrected chi connectivity index (χ4v) is 2.62. The number of hydrogen-bond donors (Lipinski definition) is 1. The molecule has 1 N–H and O–H groups in total. The van der Waals surface area contributed by atoms with Crippen LogP contribution in [0.3, 0.4) is 0 Å². The van der Waals surface area contributed by atoms with Crippen molar-refractivity contribution in [3.05, 3.63) is 47.8 Å². The summed E-state index contributed by atoms with van der Waals surface area (Å²) in [5.41, 5.74) is 4.88. The Morgan fingerprint density at radius 2 is 2.12 bits per heavy atom. The molecule has 0 aliphatic heterocycles. The number of anilines is 1. The van der Waals surface area contributed by atoms with Crippen molar-refractivity contribution < 1.29 is 4.79 Å². The van der Waals surface area contributed by atoms with Crippen molar-refractivity contribution in [3.8, 4) is 23.0 Å². The number of aryl methyl sites for hydroxylation is 1. The summed E-state index contributed by atoms with van der Waals surface area (Å²) in [6.45, 7) is 5.81. The zero-order chi connectivity index (χ0) is 18.2. The molecule has 0 radical (unpaired) electrons. The number of nitrogens with zero attached hydrogens (tertiary/aromatic N) is 1. The van der Waals surface area contributed by atoms with Crippen LogP contribution in [0, 0.1) is 18.8 Å². The molecule has 4 heteroatoms. The van der Waals surface area contributed by atoms with Crippen molar-refractivity contribution in [2.75, 3.05) is 5.32 Å². The number of amides is 1. The van der Waals surface area contributed by atoms with Gasteiger partial charge in [0.1, 0.15) is 0 Å². The van der Waals surface area contributed by atoms with Gasteiger partial charge in [0.15, 0.2) is 0 Å². The molecular weight excluding hydrogens is 327 g/mol. The molecule has 0 aliphatic rings. The lowest BCUT2D eigenvalue weighted by Crippen LogP contribution is -2.13. The largest absolute Gasteiger partial charge is 0.315 e. The Morgan fingerprint density at radius 1 is 1.32 bits per heavy atom. The zero-order valence-corrected chi connectivity index (χ0v) is 16.0. The van der Waals surface area contributed by atoms with E-state index in [9.17, 15) is 4.79 Å². The Balaban J connectivity index is 2.36. The predicted octanol–water partition coefficient (Wildman–Crippen LogP) is 4.33. The van der Waals surface area contributed by atoms with Crippen LogP contribution in [0.1, 0.15) is 37.9 Å². The van der Waals surface area contributed by atoms with E-state index in [4.69, 9.17) is 0 Å². The highest BCUT2D eigenvalue weighted by molar-refractivity contribution is 7.28. The van der Waals surface area contributed by atoms with E-state index in [1.54, 1.807) is 6.92 Å². The SMILES string of the molecule is CC#CC(=O)Nc1cc(-c2cnc(C)c(/C=C\CCC)c2)ccc1P. The summed E-state index contributed by atoms with van der Waals surface area (Å²) in [6.07, 6.45) is 8.34. The molecule has 0 spiro atoms. The van der Waals surface area contributed by atoms with E-state index in [0.717, 1.165) is 46.2 Å². The maximum atomic E-state index is 11.7. The number of unbranched alkanes of at least 4 members (excludes halogenated alkanes) is 1. The molecule has 0 fully saturated rings. The van der Waals surface area contributed by atoms with Crippen LogP contribution in [-0.4, -0.2) is 10.9 Å². The third-order valence-corrected chi connectivity index (χ3v) is 4.26. The molecule has 25 heavy (non-hydrogen) atoms. The van der Waals surface area contributed by atoms with Gasteiger partial charge in [-0.25, -0.2) is 0 Å². The molecule has 0 bridgehead atoms. The van der Waals surface area contributed by atoms with Crippen LogP contribution in [0.2, 0.25) is 0 Å². The summed E-state index contributed by atoms with van der Waals surface area (Å²) >= 11 is 0. The average Bonchev–Trinajstić information content (AvgIpc) is 2.59. The van der Waals surface area contributed by atoms with Crippen molar-refractivity contribution in [2.24, 2.45) is 0 Å². The topological polar surface area (TPSA) is 42.0 Å². The van der Waals surface area contributed by atoms with Gasteiger partial charge in [-0.15, -0.1) is 9.24 Å². The highest BCUT2D eigenvalue weighted by atomic mass is 31.0. The summed E-state index contributed by atoms with van der Waals surface area (Å²) in [5.74, 6) is 4.79. The molecule has 0 saturated carbocycles. The molecule has 0 aliphatic carbocycles. The Hall–Kier alpha value is -2.43. The van der Waals surface area contributed by atoms with Crippen LogP contribution in [0.25, 0.3) is 17.2 Å². The molecule has 1 aromatic carbocycles. The van der Waals surface area contributed by atoms with E-state index in [-0.39, 0.29) is 5.91 Å². The fraction of sp³-hybridized carbons (Fsp3) is 0.238. The molecule has 128 valence electrons. The van der Waals surface area contributed by atoms with Gasteiger partial charge >= 0.3 is 0 Å². The first-order chi connectivity index (χ1) is 12.0. The monoisotopic (exact) mass is 350 g/mol. The maximum absolute atomic E-state index is 11.7. The minimum absolute atomic E-state index is 0.312. The van der Waals surface area contributed by atoms with E-state index >= 15 is 0 Å². The van der Waals surface area contributed by atoms with Crippen LogP contribution in [0.15, 0.2) is 36.5 Å². The van der Waals surface area contributed by atoms with Crippen LogP contribution in [0.5, 0.6) is 0 Å². The van der Waals surface area contributed by atoms with Gasteiger partial charge in [-0.1, -0.05) is 43.5 Å². The standard InChI is InChI=1S/C21H23N2OP/c1-4-6-7-9-16-12-18(14-22-15(16)3)17-10-11-20(25)19(13-17)23-21(24)8-5-2/h7,9-14H,4,6,25H2,1-3H3,(H,23,24)/b9-7-. The smallest absolute Gasteiger partial charge is 0.300 e. The van der Waals surface area contributed by atoms with Crippen molar-refractivity contribution in [3.63, 3.8) is 0 Å². The molecule has 1 amide bonds. The number of allylic oxidation sites excluding steroid dienone is 1. The van der Waals surface area contributed by atoms with E-state index in [1.165, 1.54) is 0 Å². The predicted molar refractivity (Wildman–Crippen MR) is 110 cm³/mol. The lowest BCUT2D eigenvalue weighted by Gasteiger charge is -2.10. The van der Waals surface area contributed by atoms with Crippen LogP contribution in [-0.2, 0) is 4.79 Å². The Bertz CT molecular complexity index is 860. The molecule has 2 rings (SSSR count). The van der Waals surface area contributed by atoms with Gasteiger partial charge in [-0.2, -0.15) is 0 Å². The quantitative estimate of drug-likeness (QED) is 0.644. The summed E-state index contributed by atoms with van der Waals surface area (Å²) < 4.78 is 0. The number of carbonyl (C=O) groups is 1. The van der Waals surface area contributed by atoms with Crippen LogP contribution in [0.4, 0.5) is 5.69 Å². The number of benzene rings is 1. The third-order valence-electron chi connectivity index (χ3n) is 3.75. The van der Waals surface area contributed by atoms with Crippen molar-refractivity contribution in [1.82, 2.24) is 4.98 Å². The lowest BCUT2D eigenvalue weighted by molar-refractivity contribution is -0.111. The Labute approximate surface area is 152 Å². The van der Waals surface area contributed by atoms with Gasteiger partial charge in [0, 0.05) is 23.1 Å². The van der Waals surface area contributed by atoms with Crippen LogP contribution < -0.4 is 10.6 Å². The first-order valence-electron chi connectivity index (χ1n) is 8.32. The van der Waals surface area contributed by atoms with E-state index in [2.05, 4.69) is 56.5 Å². The Kier molecular flexibility index (Phi) is 6.92. The van der Waals surface area contributed by atoms with Gasteiger partial charge in [0.2, 0.25) is 0 Å². The van der Waals surface area contributed by atoms with E-state index < -0.39 is 0 Å². The minimum atomic E-state index is -0.312. The summed E-state index contributed by atoms with van der Waals surface area (Å²) in [7, 11) is 2.63. The minimum Gasteiger partial charge on any atom is -0.315 e. The number of rotatable bonds is 5. The van der Waals surface area contributed by atoms with Gasteiger partial charge in [0.05, 0.1) is 0 Å². The molecule has 1 atom stereocenters. The molecule has 1 unspecified atom stereocenters. The summed E-state index contributed by atoms with van der Waals surface area (Å²) in [6, 6.07) is 8.06. The normalized spacial score (nSPS) is 10.4. The van der Waals surface area contributed by atoms with Crippen molar-refractivity contribution in [2.45, 2.75) is 33.6 Å². The van der Waals surface area contributed by atoms with Gasteiger partial charge in [-0.05, 0) is 54.8 Å². The molecule has 1 aromatic heterocycles. The van der Waals surface area contributed by atoms with Gasteiger partial charge < -0.3 is 5.32 Å². The first-order valence-corrected chi connectivity index (χ1v) is 8.89. The van der Waals surface area contributed by atoms with E-state index in [0.29, 0.717) is 0 Å². The number of carbonyl (C=O) groups excluding carboxylic acids is 1. The fourth-order valence-electron chi connectivity index (χ4n) is 2.36. The first kappa shape index (κ1) is 18.9. The number of aromatic nitrogens is 1. The van der Waals surface area contributed by atoms with Crippen molar-refractivity contribution >= 4 is 32.2 Å². The second kappa shape index (κ2) is 9.16. The maximum Gasteiger partial charge on any atom is 0.300 e. The molecule has 2 aromatic rings. The van der Waals surface area contributed by atoms with Gasteiger partial charge in [-0.3, -0.25) is 9.78 Å². The molecule has 0 saturated heterocycles. The molecular formula is C21H23N2OP. The summed E-state index contributed by atoms with van der Waals surface area (Å²) in [5, 5.41) is 3.74. The average molecular weight is 350 g/mol. The zero-order valence-electron chi connectivity index (χ0n) is 14.9. The summed E-state index contributed by atoms with van der Waals surface area (Å²) in [4.78, 5) is 16.3. The number of pyridine rings is 1. The number of nitrogens with one attached hydrogen (secondary N) is 1.